The van der Waals surface area contributed by atoms with Crippen LogP contribution in [0, 0.1) is 5.92 Å². The minimum absolute atomic E-state index is 0.0319. The first-order valence-electron chi connectivity index (χ1n) is 7.60. The Morgan fingerprint density at radius 2 is 2.19 bits per heavy atom. The molecule has 1 heterocycles. The largest absolute Gasteiger partial charge is 0.465 e. The first-order valence-corrected chi connectivity index (χ1v) is 8.48. The average molecular weight is 309 g/mol. The Balaban J connectivity index is 2.13. The molecule has 2 rings (SSSR count). The molecule has 0 saturated heterocycles. The maximum atomic E-state index is 12.7. The molecule has 0 bridgehead atoms. The monoisotopic (exact) mass is 309 g/mol. The van der Waals surface area contributed by atoms with E-state index >= 15 is 0 Å². The number of carbonyl (C=O) groups is 2. The van der Waals surface area contributed by atoms with Crippen molar-refractivity contribution < 1.29 is 14.3 Å². The van der Waals surface area contributed by atoms with Crippen molar-refractivity contribution in [3.63, 3.8) is 0 Å². The van der Waals surface area contributed by atoms with Crippen LogP contribution in [0.4, 0.5) is 0 Å². The number of hydrogen-bond acceptors (Lipinski definition) is 4. The summed E-state index contributed by atoms with van der Waals surface area (Å²) < 4.78 is 4.94. The van der Waals surface area contributed by atoms with Gasteiger partial charge in [-0.2, -0.15) is 0 Å². The van der Waals surface area contributed by atoms with Gasteiger partial charge in [0.25, 0.3) is 5.91 Å². The van der Waals surface area contributed by atoms with E-state index in [0.29, 0.717) is 19.1 Å². The van der Waals surface area contributed by atoms with Crippen LogP contribution in [0.1, 0.15) is 48.0 Å². The minimum atomic E-state index is -0.342. The van der Waals surface area contributed by atoms with Gasteiger partial charge in [0.2, 0.25) is 0 Å². The number of esters is 1. The molecule has 1 atom stereocenters. The lowest BCUT2D eigenvalue weighted by atomic mass is 9.88. The Labute approximate surface area is 130 Å². The molecule has 4 nitrogen and oxygen atoms in total. The summed E-state index contributed by atoms with van der Waals surface area (Å²) in [5.41, 5.74) is 1.98. The van der Waals surface area contributed by atoms with Crippen LogP contribution in [0.5, 0.6) is 0 Å². The smallest absolute Gasteiger partial charge is 0.325 e. The molecule has 1 aliphatic carbocycles. The summed E-state index contributed by atoms with van der Waals surface area (Å²) in [6.45, 7) is 6.80. The molecule has 0 radical (unpaired) electrons. The Morgan fingerprint density at radius 1 is 1.43 bits per heavy atom. The lowest BCUT2D eigenvalue weighted by Crippen LogP contribution is -2.36. The second-order valence-corrected chi connectivity index (χ2v) is 6.49. The lowest BCUT2D eigenvalue weighted by molar-refractivity contribution is -0.143. The van der Waals surface area contributed by atoms with Crippen LogP contribution in [-0.4, -0.2) is 36.5 Å². The molecule has 21 heavy (non-hydrogen) atoms. The zero-order valence-electron chi connectivity index (χ0n) is 13.0. The van der Waals surface area contributed by atoms with E-state index in [4.69, 9.17) is 4.74 Å². The third-order valence-electron chi connectivity index (χ3n) is 3.93. The Kier molecular flexibility index (Phi) is 5.39. The number of likely N-dealkylation sites (N-methyl/N-ethyl adjacent to an activating group) is 1. The molecule has 1 aromatic rings. The maximum Gasteiger partial charge on any atom is 0.325 e. The van der Waals surface area contributed by atoms with E-state index in [1.54, 1.807) is 23.2 Å². The summed E-state index contributed by atoms with van der Waals surface area (Å²) in [5.74, 6) is 0.309. The van der Waals surface area contributed by atoms with Crippen molar-refractivity contribution in [1.82, 2.24) is 4.90 Å². The number of ether oxygens (including phenoxy) is 1. The number of hydrogen-bond donors (Lipinski definition) is 0. The first kappa shape index (κ1) is 16.0. The van der Waals surface area contributed by atoms with Crippen LogP contribution in [0.2, 0.25) is 0 Å². The SMILES string of the molecule is CCOC(=O)CN(CC)C(=O)c1csc2c1CCC(C)C2. The Bertz CT molecular complexity index is 524. The normalized spacial score (nSPS) is 17.2. The fraction of sp³-hybridized carbons (Fsp3) is 0.625. The van der Waals surface area contributed by atoms with Crippen molar-refractivity contribution in [2.45, 2.75) is 40.0 Å². The standard InChI is InChI=1S/C16H23NO3S/c1-4-17(9-15(18)20-5-2)16(19)13-10-21-14-8-11(3)6-7-12(13)14/h10-11H,4-9H2,1-3H3. The molecule has 1 aromatic heterocycles. The third-order valence-corrected chi connectivity index (χ3v) is 4.98. The van der Waals surface area contributed by atoms with Gasteiger partial charge in [-0.1, -0.05) is 6.92 Å². The zero-order chi connectivity index (χ0) is 15.4. The van der Waals surface area contributed by atoms with E-state index < -0.39 is 0 Å². The molecule has 0 fully saturated rings. The van der Waals surface area contributed by atoms with Gasteiger partial charge < -0.3 is 9.64 Å². The fourth-order valence-electron chi connectivity index (χ4n) is 2.72. The van der Waals surface area contributed by atoms with Gasteiger partial charge in [-0.25, -0.2) is 0 Å². The van der Waals surface area contributed by atoms with Gasteiger partial charge in [-0.3, -0.25) is 9.59 Å². The molecule has 0 N–H and O–H groups in total. The molecule has 0 saturated carbocycles. The summed E-state index contributed by atoms with van der Waals surface area (Å²) in [7, 11) is 0. The van der Waals surface area contributed by atoms with Gasteiger partial charge in [-0.15, -0.1) is 11.3 Å². The number of carbonyl (C=O) groups excluding carboxylic acids is 2. The highest BCUT2D eigenvalue weighted by Gasteiger charge is 2.26. The highest BCUT2D eigenvalue weighted by molar-refractivity contribution is 7.10. The second kappa shape index (κ2) is 7.07. The molecule has 116 valence electrons. The highest BCUT2D eigenvalue weighted by atomic mass is 32.1. The van der Waals surface area contributed by atoms with Gasteiger partial charge in [0.05, 0.1) is 12.2 Å². The average Bonchev–Trinajstić information content (AvgIpc) is 2.87. The molecule has 0 spiro atoms. The third kappa shape index (κ3) is 3.64. The number of nitrogens with zero attached hydrogens (tertiary/aromatic N) is 1. The molecule has 1 aliphatic rings. The molecule has 1 unspecified atom stereocenters. The van der Waals surface area contributed by atoms with Crippen molar-refractivity contribution in [3.8, 4) is 0 Å². The van der Waals surface area contributed by atoms with Crippen LogP contribution >= 0.6 is 11.3 Å². The molecular weight excluding hydrogens is 286 g/mol. The van der Waals surface area contributed by atoms with Crippen molar-refractivity contribution in [1.29, 1.82) is 0 Å². The molecular formula is C16H23NO3S. The van der Waals surface area contributed by atoms with Gasteiger partial charge in [0.15, 0.2) is 0 Å². The van der Waals surface area contributed by atoms with Gasteiger partial charge in [-0.05, 0) is 44.6 Å². The van der Waals surface area contributed by atoms with Crippen LogP contribution in [0.3, 0.4) is 0 Å². The van der Waals surface area contributed by atoms with E-state index in [9.17, 15) is 9.59 Å². The summed E-state index contributed by atoms with van der Waals surface area (Å²) in [6.07, 6.45) is 3.17. The lowest BCUT2D eigenvalue weighted by Gasteiger charge is -2.22. The van der Waals surface area contributed by atoms with E-state index in [0.717, 1.165) is 24.8 Å². The van der Waals surface area contributed by atoms with Crippen LogP contribution < -0.4 is 0 Å². The summed E-state index contributed by atoms with van der Waals surface area (Å²) in [4.78, 5) is 27.2. The van der Waals surface area contributed by atoms with Gasteiger partial charge in [0.1, 0.15) is 6.54 Å². The Morgan fingerprint density at radius 3 is 2.86 bits per heavy atom. The quantitative estimate of drug-likeness (QED) is 0.786. The van der Waals surface area contributed by atoms with Gasteiger partial charge in [0, 0.05) is 16.8 Å². The van der Waals surface area contributed by atoms with Crippen molar-refractivity contribution >= 4 is 23.2 Å². The van der Waals surface area contributed by atoms with Crippen LogP contribution in [-0.2, 0) is 22.4 Å². The van der Waals surface area contributed by atoms with Crippen molar-refractivity contribution in [2.75, 3.05) is 19.7 Å². The zero-order valence-corrected chi connectivity index (χ0v) is 13.8. The maximum absolute atomic E-state index is 12.7. The predicted molar refractivity (Wildman–Crippen MR) is 83.7 cm³/mol. The fourth-order valence-corrected chi connectivity index (χ4v) is 3.95. The molecule has 1 amide bonds. The van der Waals surface area contributed by atoms with Crippen molar-refractivity contribution in [2.24, 2.45) is 5.92 Å². The Hall–Kier alpha value is -1.36. The van der Waals surface area contributed by atoms with Crippen LogP contribution in [0.25, 0.3) is 0 Å². The molecule has 0 aromatic carbocycles. The van der Waals surface area contributed by atoms with Gasteiger partial charge >= 0.3 is 5.97 Å². The topological polar surface area (TPSA) is 46.6 Å². The van der Waals surface area contributed by atoms with E-state index in [1.807, 2.05) is 12.3 Å². The summed E-state index contributed by atoms with van der Waals surface area (Å²) >= 11 is 1.68. The number of amides is 1. The number of fused-ring (bicyclic) bond motifs is 1. The highest BCUT2D eigenvalue weighted by Crippen LogP contribution is 2.33. The van der Waals surface area contributed by atoms with E-state index in [2.05, 4.69) is 6.92 Å². The van der Waals surface area contributed by atoms with E-state index in [1.165, 1.54) is 10.4 Å². The van der Waals surface area contributed by atoms with Crippen LogP contribution in [0.15, 0.2) is 5.38 Å². The predicted octanol–water partition coefficient (Wildman–Crippen LogP) is 2.90. The minimum Gasteiger partial charge on any atom is -0.465 e. The molecule has 0 aliphatic heterocycles. The van der Waals surface area contributed by atoms with E-state index in [-0.39, 0.29) is 18.4 Å². The van der Waals surface area contributed by atoms with Crippen molar-refractivity contribution in [3.05, 3.63) is 21.4 Å². The first-order chi connectivity index (χ1) is 10.1. The second-order valence-electron chi connectivity index (χ2n) is 5.52. The molecule has 5 heteroatoms. The number of rotatable bonds is 5. The summed E-state index contributed by atoms with van der Waals surface area (Å²) in [5, 5.41) is 1.96. The number of thiophene rings is 1. The summed E-state index contributed by atoms with van der Waals surface area (Å²) in [6, 6.07) is 0.